The first-order valence-electron chi connectivity index (χ1n) is 12.3. The highest BCUT2D eigenvalue weighted by Crippen LogP contribution is 2.33. The second-order valence-electron chi connectivity index (χ2n) is 8.86. The topological polar surface area (TPSA) is 113 Å². The summed E-state index contributed by atoms with van der Waals surface area (Å²) in [7, 11) is 0. The first-order valence-corrected chi connectivity index (χ1v) is 12.3. The predicted octanol–water partition coefficient (Wildman–Crippen LogP) is 5.34. The first kappa shape index (κ1) is 24.2. The maximum atomic E-state index is 12.5. The number of carbonyl (C=O) groups excluding carboxylic acids is 1. The van der Waals surface area contributed by atoms with Crippen LogP contribution in [0.15, 0.2) is 72.8 Å². The Hall–Kier alpha value is -4.55. The van der Waals surface area contributed by atoms with Crippen molar-refractivity contribution in [1.82, 2.24) is 14.9 Å². The number of nitrogens with one attached hydrogen (secondary N) is 3. The molecule has 3 N–H and O–H groups in total. The molecule has 0 unspecified atom stereocenters. The van der Waals surface area contributed by atoms with E-state index in [-0.39, 0.29) is 12.1 Å². The van der Waals surface area contributed by atoms with Gasteiger partial charge in [0.2, 0.25) is 0 Å². The SMILES string of the molecule is Cc1c(NC(=O)NC[C@@H]2CCCO2)cn2ncc(C#N)c(Nc3ccc(OC4=CC=CCC=C4)cc3)c12. The van der Waals surface area contributed by atoms with Crippen molar-refractivity contribution in [3.8, 4) is 11.8 Å². The highest BCUT2D eigenvalue weighted by molar-refractivity contribution is 5.94. The summed E-state index contributed by atoms with van der Waals surface area (Å²) in [4.78, 5) is 12.5. The van der Waals surface area contributed by atoms with E-state index in [1.807, 2.05) is 55.5 Å². The number of anilines is 3. The van der Waals surface area contributed by atoms with Crippen molar-refractivity contribution < 1.29 is 14.3 Å². The van der Waals surface area contributed by atoms with Gasteiger partial charge in [-0.3, -0.25) is 0 Å². The lowest BCUT2D eigenvalue weighted by Crippen LogP contribution is -2.35. The van der Waals surface area contributed by atoms with Gasteiger partial charge in [0.05, 0.1) is 41.0 Å². The van der Waals surface area contributed by atoms with Crippen LogP contribution in [0.25, 0.3) is 5.52 Å². The van der Waals surface area contributed by atoms with E-state index in [4.69, 9.17) is 9.47 Å². The zero-order chi connectivity index (χ0) is 25.6. The summed E-state index contributed by atoms with van der Waals surface area (Å²) < 4.78 is 13.2. The van der Waals surface area contributed by atoms with Crippen LogP contribution in [-0.4, -0.2) is 34.9 Å². The maximum absolute atomic E-state index is 12.5. The second kappa shape index (κ2) is 11.0. The number of fused-ring (bicyclic) bond motifs is 1. The van der Waals surface area contributed by atoms with Gasteiger partial charge in [0, 0.05) is 24.4 Å². The first-order chi connectivity index (χ1) is 18.1. The zero-order valence-electron chi connectivity index (χ0n) is 20.5. The largest absolute Gasteiger partial charge is 0.457 e. The van der Waals surface area contributed by atoms with Crippen LogP contribution in [0.2, 0.25) is 0 Å². The summed E-state index contributed by atoms with van der Waals surface area (Å²) in [6.07, 6.45) is 16.1. The maximum Gasteiger partial charge on any atom is 0.319 e. The van der Waals surface area contributed by atoms with Crippen LogP contribution in [0, 0.1) is 18.3 Å². The molecule has 1 fully saturated rings. The van der Waals surface area contributed by atoms with Crippen LogP contribution in [0.1, 0.15) is 30.4 Å². The third kappa shape index (κ3) is 5.66. The number of aromatic nitrogens is 2. The van der Waals surface area contributed by atoms with Crippen LogP contribution < -0.4 is 20.7 Å². The van der Waals surface area contributed by atoms with Gasteiger partial charge in [-0.25, -0.2) is 9.31 Å². The summed E-state index contributed by atoms with van der Waals surface area (Å²) in [6, 6.07) is 9.41. The minimum atomic E-state index is -0.311. The molecule has 2 aromatic heterocycles. The van der Waals surface area contributed by atoms with E-state index >= 15 is 0 Å². The smallest absolute Gasteiger partial charge is 0.319 e. The summed E-state index contributed by atoms with van der Waals surface area (Å²) in [5, 5.41) is 23.2. The van der Waals surface area contributed by atoms with Crippen LogP contribution in [0.4, 0.5) is 21.9 Å². The van der Waals surface area contributed by atoms with Gasteiger partial charge in [0.15, 0.2) is 0 Å². The molecule has 5 rings (SSSR count). The molecule has 1 aliphatic heterocycles. The predicted molar refractivity (Wildman–Crippen MR) is 142 cm³/mol. The monoisotopic (exact) mass is 496 g/mol. The number of allylic oxidation sites excluding steroid dienone is 5. The van der Waals surface area contributed by atoms with Gasteiger partial charge in [-0.1, -0.05) is 18.2 Å². The quantitative estimate of drug-likeness (QED) is 0.407. The van der Waals surface area contributed by atoms with Gasteiger partial charge in [-0.15, -0.1) is 0 Å². The van der Waals surface area contributed by atoms with E-state index in [9.17, 15) is 10.1 Å². The van der Waals surface area contributed by atoms with Crippen molar-refractivity contribution >= 4 is 28.6 Å². The molecule has 1 saturated heterocycles. The molecule has 0 spiro atoms. The minimum Gasteiger partial charge on any atom is -0.457 e. The van der Waals surface area contributed by atoms with E-state index < -0.39 is 0 Å². The highest BCUT2D eigenvalue weighted by Gasteiger charge is 2.19. The molecule has 2 aliphatic rings. The third-order valence-corrected chi connectivity index (χ3v) is 6.25. The Labute approximate surface area is 215 Å². The zero-order valence-corrected chi connectivity index (χ0v) is 20.5. The number of rotatable bonds is 7. The molecular weight excluding hydrogens is 468 g/mol. The van der Waals surface area contributed by atoms with E-state index in [0.717, 1.165) is 42.9 Å². The van der Waals surface area contributed by atoms with Crippen molar-refractivity contribution in [2.24, 2.45) is 0 Å². The van der Waals surface area contributed by atoms with Gasteiger partial charge in [-0.2, -0.15) is 10.4 Å². The normalized spacial score (nSPS) is 16.6. The molecule has 0 radical (unpaired) electrons. The summed E-state index contributed by atoms with van der Waals surface area (Å²) in [5.41, 5.74) is 3.89. The van der Waals surface area contributed by atoms with Crippen molar-refractivity contribution in [3.05, 3.63) is 83.9 Å². The van der Waals surface area contributed by atoms with Gasteiger partial charge in [0.25, 0.3) is 0 Å². The molecule has 3 aromatic rings. The Morgan fingerprint density at radius 1 is 1.30 bits per heavy atom. The van der Waals surface area contributed by atoms with Crippen LogP contribution >= 0.6 is 0 Å². The molecular formula is C28H28N6O3. The lowest BCUT2D eigenvalue weighted by molar-refractivity contribution is 0.112. The Morgan fingerprint density at radius 2 is 2.16 bits per heavy atom. The van der Waals surface area contributed by atoms with E-state index in [2.05, 4.69) is 33.2 Å². The molecule has 9 heteroatoms. The Kier molecular flexibility index (Phi) is 7.19. The Bertz CT molecular complexity index is 1420. The Balaban J connectivity index is 1.34. The standard InChI is InChI=1S/C28H28N6O3/c1-19-25(33-28(35)30-17-24-9-6-14-36-24)18-34-27(19)26(20(15-29)16-31-34)32-21-10-12-23(13-11-21)37-22-7-4-2-3-5-8-22/h2,4-5,7-8,10-13,16,18,24,32H,3,6,9,14,17H2,1H3,(H2,30,33,35)/t24-/m0/s1. The second-order valence-corrected chi connectivity index (χ2v) is 8.86. The number of hydrogen-bond acceptors (Lipinski definition) is 6. The van der Waals surface area contributed by atoms with Crippen molar-refractivity contribution in [2.45, 2.75) is 32.3 Å². The molecule has 1 atom stereocenters. The Morgan fingerprint density at radius 3 is 2.95 bits per heavy atom. The summed E-state index contributed by atoms with van der Waals surface area (Å²) >= 11 is 0. The lowest BCUT2D eigenvalue weighted by Gasteiger charge is -2.12. The molecule has 2 amide bonds. The molecule has 0 saturated carbocycles. The molecule has 3 heterocycles. The highest BCUT2D eigenvalue weighted by atomic mass is 16.5. The van der Waals surface area contributed by atoms with Crippen LogP contribution in [-0.2, 0) is 4.74 Å². The average Bonchev–Trinajstić information content (AvgIpc) is 3.45. The van der Waals surface area contributed by atoms with E-state index in [0.29, 0.717) is 34.7 Å². The average molecular weight is 497 g/mol. The minimum absolute atomic E-state index is 0.0598. The third-order valence-electron chi connectivity index (χ3n) is 6.25. The van der Waals surface area contributed by atoms with Crippen molar-refractivity contribution in [2.75, 3.05) is 23.8 Å². The molecule has 1 aliphatic carbocycles. The number of benzene rings is 1. The van der Waals surface area contributed by atoms with Crippen LogP contribution in [0.5, 0.6) is 5.75 Å². The van der Waals surface area contributed by atoms with Crippen molar-refractivity contribution in [1.29, 1.82) is 5.26 Å². The number of ether oxygens (including phenoxy) is 2. The number of carbonyl (C=O) groups is 1. The fourth-order valence-corrected chi connectivity index (χ4v) is 4.32. The van der Waals surface area contributed by atoms with Crippen LogP contribution in [0.3, 0.4) is 0 Å². The summed E-state index contributed by atoms with van der Waals surface area (Å²) in [5.74, 6) is 1.47. The fourth-order valence-electron chi connectivity index (χ4n) is 4.32. The van der Waals surface area contributed by atoms with Gasteiger partial charge in [-0.05, 0) is 62.6 Å². The van der Waals surface area contributed by atoms with E-state index in [1.165, 1.54) is 6.20 Å². The molecule has 0 bridgehead atoms. The van der Waals surface area contributed by atoms with E-state index in [1.54, 1.807) is 10.7 Å². The summed E-state index contributed by atoms with van der Waals surface area (Å²) in [6.45, 7) is 3.09. The molecule has 9 nitrogen and oxygen atoms in total. The number of urea groups is 1. The fraction of sp³-hybridized carbons (Fsp3) is 0.250. The van der Waals surface area contributed by atoms with Gasteiger partial charge in [0.1, 0.15) is 17.6 Å². The molecule has 188 valence electrons. The number of nitriles is 1. The van der Waals surface area contributed by atoms with Gasteiger partial charge < -0.3 is 25.4 Å². The molecule has 37 heavy (non-hydrogen) atoms. The molecule has 1 aromatic carbocycles. The lowest BCUT2D eigenvalue weighted by atomic mass is 10.1. The number of hydrogen-bond donors (Lipinski definition) is 3. The number of amides is 2. The number of nitrogens with zero attached hydrogens (tertiary/aromatic N) is 3. The number of aryl methyl sites for hydroxylation is 1. The van der Waals surface area contributed by atoms with Crippen molar-refractivity contribution in [3.63, 3.8) is 0 Å². The van der Waals surface area contributed by atoms with Gasteiger partial charge >= 0.3 is 6.03 Å².